The number of rotatable bonds is 6. The number of hydrogen-bond acceptors (Lipinski definition) is 6. The van der Waals surface area contributed by atoms with Gasteiger partial charge in [0.2, 0.25) is 0 Å². The molecular formula is C23H30F3N5O2. The molecule has 3 aliphatic rings. The largest absolute Gasteiger partial charge is 0.573 e. The highest BCUT2D eigenvalue weighted by Crippen LogP contribution is 2.34. The Hall–Kier alpha value is -2.30. The average Bonchev–Trinajstić information content (AvgIpc) is 3.42. The molecule has 0 radical (unpaired) electrons. The summed E-state index contributed by atoms with van der Waals surface area (Å²) in [6.07, 6.45) is -1.68. The highest BCUT2D eigenvalue weighted by Gasteiger charge is 2.31. The lowest BCUT2D eigenvalue weighted by atomic mass is 10.2. The number of hydrogen-bond donors (Lipinski definition) is 0. The second-order valence-electron chi connectivity index (χ2n) is 8.84. The summed E-state index contributed by atoms with van der Waals surface area (Å²) in [5, 5.41) is 4.91. The van der Waals surface area contributed by atoms with Crippen LogP contribution in [-0.4, -0.2) is 91.5 Å². The van der Waals surface area contributed by atoms with Gasteiger partial charge in [-0.05, 0) is 43.5 Å². The molecule has 0 unspecified atom stereocenters. The molecule has 10 heteroatoms. The fraction of sp³-hybridized carbons (Fsp3) is 0.609. The third kappa shape index (κ3) is 5.28. The van der Waals surface area contributed by atoms with Gasteiger partial charge >= 0.3 is 6.36 Å². The van der Waals surface area contributed by atoms with E-state index in [-0.39, 0.29) is 5.75 Å². The van der Waals surface area contributed by atoms with Crippen LogP contribution in [0.15, 0.2) is 24.3 Å². The van der Waals surface area contributed by atoms with Crippen molar-refractivity contribution in [3.05, 3.63) is 35.5 Å². The number of alkyl halides is 3. The Morgan fingerprint density at radius 1 is 0.879 bits per heavy atom. The van der Waals surface area contributed by atoms with Gasteiger partial charge in [-0.2, -0.15) is 0 Å². The number of fused-ring (bicyclic) bond motifs is 1. The Kier molecular flexibility index (Phi) is 6.49. The van der Waals surface area contributed by atoms with Crippen LogP contribution in [0, 0.1) is 0 Å². The zero-order valence-corrected chi connectivity index (χ0v) is 18.7. The maximum Gasteiger partial charge on any atom is 0.573 e. The van der Waals surface area contributed by atoms with E-state index in [1.807, 2.05) is 4.68 Å². The van der Waals surface area contributed by atoms with E-state index in [1.165, 1.54) is 23.4 Å². The van der Waals surface area contributed by atoms with Crippen molar-refractivity contribution in [1.82, 2.24) is 19.6 Å². The van der Waals surface area contributed by atoms with Crippen molar-refractivity contribution in [2.24, 2.45) is 0 Å². The lowest BCUT2D eigenvalue weighted by molar-refractivity contribution is -0.274. The van der Waals surface area contributed by atoms with Crippen molar-refractivity contribution in [3.8, 4) is 11.4 Å². The molecule has 0 atom stereocenters. The molecule has 1 aliphatic carbocycles. The van der Waals surface area contributed by atoms with Crippen LogP contribution in [0.1, 0.15) is 17.7 Å². The quantitative estimate of drug-likeness (QED) is 0.654. The van der Waals surface area contributed by atoms with Crippen LogP contribution in [-0.2, 0) is 17.6 Å². The first-order valence-electron chi connectivity index (χ1n) is 11.7. The maximum absolute atomic E-state index is 12.5. The van der Waals surface area contributed by atoms with Gasteiger partial charge in [-0.1, -0.05) is 0 Å². The molecule has 33 heavy (non-hydrogen) atoms. The van der Waals surface area contributed by atoms with Crippen molar-refractivity contribution in [2.45, 2.75) is 25.6 Å². The molecule has 3 heterocycles. The van der Waals surface area contributed by atoms with Crippen molar-refractivity contribution in [3.63, 3.8) is 0 Å². The lowest BCUT2D eigenvalue weighted by Crippen LogP contribution is -2.49. The van der Waals surface area contributed by atoms with Crippen molar-refractivity contribution in [1.29, 1.82) is 0 Å². The maximum atomic E-state index is 12.5. The normalized spacial score (nSPS) is 20.3. The summed E-state index contributed by atoms with van der Waals surface area (Å²) in [6.45, 7) is 9.76. The molecule has 2 aromatic rings. The number of morpholine rings is 1. The van der Waals surface area contributed by atoms with Crippen molar-refractivity contribution < 1.29 is 22.6 Å². The summed E-state index contributed by atoms with van der Waals surface area (Å²) in [5.41, 5.74) is 3.22. The first-order valence-corrected chi connectivity index (χ1v) is 11.7. The fourth-order valence-electron chi connectivity index (χ4n) is 4.97. The molecule has 5 rings (SSSR count). The topological polar surface area (TPSA) is 46.0 Å². The van der Waals surface area contributed by atoms with Gasteiger partial charge in [0.25, 0.3) is 0 Å². The number of nitrogens with zero attached hydrogens (tertiary/aromatic N) is 5. The number of aromatic nitrogens is 2. The van der Waals surface area contributed by atoms with E-state index in [2.05, 4.69) is 19.4 Å². The molecule has 0 spiro atoms. The average molecular weight is 466 g/mol. The summed E-state index contributed by atoms with van der Waals surface area (Å²) in [4.78, 5) is 7.35. The van der Waals surface area contributed by atoms with E-state index >= 15 is 0 Å². The summed E-state index contributed by atoms with van der Waals surface area (Å²) in [6, 6.07) is 5.97. The molecule has 7 nitrogen and oxygen atoms in total. The summed E-state index contributed by atoms with van der Waals surface area (Å²) in [5.74, 6) is 0.814. The molecular weight excluding hydrogens is 435 g/mol. The second-order valence-corrected chi connectivity index (χ2v) is 8.84. The number of benzene rings is 1. The second kappa shape index (κ2) is 9.52. The van der Waals surface area contributed by atoms with E-state index in [1.54, 1.807) is 12.1 Å². The Labute approximate surface area is 191 Å². The molecule has 2 fully saturated rings. The van der Waals surface area contributed by atoms with Gasteiger partial charge in [0.05, 0.1) is 18.9 Å². The van der Waals surface area contributed by atoms with E-state index in [4.69, 9.17) is 9.84 Å². The minimum Gasteiger partial charge on any atom is -0.406 e. The minimum atomic E-state index is -4.69. The zero-order chi connectivity index (χ0) is 22.8. The third-order valence-corrected chi connectivity index (χ3v) is 6.73. The van der Waals surface area contributed by atoms with Crippen LogP contribution in [0.25, 0.3) is 5.69 Å². The van der Waals surface area contributed by atoms with E-state index < -0.39 is 6.36 Å². The summed E-state index contributed by atoms with van der Waals surface area (Å²) >= 11 is 0. The molecule has 1 aromatic heterocycles. The highest BCUT2D eigenvalue weighted by molar-refractivity contribution is 5.55. The molecule has 180 valence electrons. The third-order valence-electron chi connectivity index (χ3n) is 6.73. The smallest absolute Gasteiger partial charge is 0.406 e. The van der Waals surface area contributed by atoms with Crippen LogP contribution in [0.3, 0.4) is 0 Å². The van der Waals surface area contributed by atoms with Crippen LogP contribution < -0.4 is 9.64 Å². The van der Waals surface area contributed by atoms with Crippen LogP contribution in [0.5, 0.6) is 5.75 Å². The van der Waals surface area contributed by atoms with E-state index in [0.29, 0.717) is 0 Å². The van der Waals surface area contributed by atoms with Gasteiger partial charge < -0.3 is 14.4 Å². The van der Waals surface area contributed by atoms with Gasteiger partial charge in [-0.3, -0.25) is 9.80 Å². The lowest BCUT2D eigenvalue weighted by Gasteiger charge is -2.36. The van der Waals surface area contributed by atoms with Crippen molar-refractivity contribution in [2.75, 3.05) is 70.5 Å². The van der Waals surface area contributed by atoms with Crippen LogP contribution in [0.4, 0.5) is 19.0 Å². The first kappa shape index (κ1) is 22.5. The predicted molar refractivity (Wildman–Crippen MR) is 118 cm³/mol. The fourth-order valence-corrected chi connectivity index (χ4v) is 4.97. The molecule has 0 amide bonds. The Bertz CT molecular complexity index is 933. The van der Waals surface area contributed by atoms with E-state index in [0.717, 1.165) is 96.3 Å². The van der Waals surface area contributed by atoms with Gasteiger partial charge in [-0.25, -0.2) is 4.68 Å². The van der Waals surface area contributed by atoms with Gasteiger partial charge in [0.15, 0.2) is 5.82 Å². The van der Waals surface area contributed by atoms with Crippen LogP contribution in [0.2, 0.25) is 0 Å². The summed E-state index contributed by atoms with van der Waals surface area (Å²) in [7, 11) is 0. The van der Waals surface area contributed by atoms with Gasteiger partial charge in [0, 0.05) is 63.6 Å². The van der Waals surface area contributed by atoms with E-state index in [9.17, 15) is 13.2 Å². The number of anilines is 1. The molecule has 2 saturated heterocycles. The number of piperazine rings is 1. The first-order chi connectivity index (χ1) is 16.0. The zero-order valence-electron chi connectivity index (χ0n) is 18.7. The summed E-state index contributed by atoms with van der Waals surface area (Å²) < 4.78 is 48.7. The minimum absolute atomic E-state index is 0.219. The standard InChI is InChI=1S/C23H30F3N5O2/c24-23(25,26)33-19-6-4-18(5-7-19)31-21-3-1-2-20(21)22(27-31)30-12-10-28(11-13-30)8-9-29-14-16-32-17-15-29/h4-7H,1-3,8-17H2. The monoisotopic (exact) mass is 465 g/mol. The predicted octanol–water partition coefficient (Wildman–Crippen LogP) is 2.71. The molecule has 0 bridgehead atoms. The molecule has 1 aromatic carbocycles. The molecule has 0 saturated carbocycles. The Balaban J connectivity index is 1.23. The van der Waals surface area contributed by atoms with Gasteiger partial charge in [0.1, 0.15) is 5.75 Å². The van der Waals surface area contributed by atoms with Gasteiger partial charge in [-0.15, -0.1) is 18.3 Å². The Morgan fingerprint density at radius 2 is 1.55 bits per heavy atom. The molecule has 0 N–H and O–H groups in total. The number of ether oxygens (including phenoxy) is 2. The Morgan fingerprint density at radius 3 is 2.21 bits per heavy atom. The molecule has 2 aliphatic heterocycles. The number of halogens is 3. The highest BCUT2D eigenvalue weighted by atomic mass is 19.4. The van der Waals surface area contributed by atoms with Crippen molar-refractivity contribution >= 4 is 5.82 Å². The van der Waals surface area contributed by atoms with Crippen LogP contribution >= 0.6 is 0 Å². The SMILES string of the molecule is FC(F)(F)Oc1ccc(-n2nc(N3CCN(CCN4CCOCC4)CC3)c3c2CCC3)cc1.